The summed E-state index contributed by atoms with van der Waals surface area (Å²) in [4.78, 5) is 12.5. The molecule has 35 heavy (non-hydrogen) atoms. The third-order valence-corrected chi connectivity index (χ3v) is 6.28. The van der Waals surface area contributed by atoms with E-state index in [2.05, 4.69) is 69.2 Å². The second-order valence-electron chi connectivity index (χ2n) is 9.84. The number of nitrogens with zero attached hydrogens (tertiary/aromatic N) is 2. The van der Waals surface area contributed by atoms with Crippen LogP contribution in [0.4, 0.5) is 0 Å². The molecule has 0 aliphatic heterocycles. The van der Waals surface area contributed by atoms with Crippen molar-refractivity contribution < 1.29 is 14.3 Å². The average Bonchev–Trinajstić information content (AvgIpc) is 3.23. The van der Waals surface area contributed by atoms with E-state index in [1.54, 1.807) is 11.8 Å². The molecule has 0 aliphatic rings. The van der Waals surface area contributed by atoms with Gasteiger partial charge in [0.2, 0.25) is 5.88 Å². The van der Waals surface area contributed by atoms with E-state index < -0.39 is 11.4 Å². The van der Waals surface area contributed by atoms with Crippen LogP contribution in [0.2, 0.25) is 0 Å². The van der Waals surface area contributed by atoms with E-state index in [1.165, 1.54) is 42.4 Å². The van der Waals surface area contributed by atoms with E-state index in [1.807, 2.05) is 12.1 Å². The van der Waals surface area contributed by atoms with Crippen molar-refractivity contribution in [2.75, 3.05) is 13.9 Å². The summed E-state index contributed by atoms with van der Waals surface area (Å²) in [6.45, 7) is 8.48. The van der Waals surface area contributed by atoms with Gasteiger partial charge >= 0.3 is 0 Å². The summed E-state index contributed by atoms with van der Waals surface area (Å²) in [5.41, 5.74) is 10.6. The fourth-order valence-corrected chi connectivity index (χ4v) is 4.37. The van der Waals surface area contributed by atoms with E-state index in [9.17, 15) is 4.79 Å². The van der Waals surface area contributed by atoms with Crippen LogP contribution in [0.25, 0.3) is 11.1 Å². The van der Waals surface area contributed by atoms with Crippen LogP contribution in [-0.2, 0) is 23.1 Å². The largest absolute Gasteiger partial charge is 0.450 e. The fraction of sp³-hybridized carbons (Fsp3) is 0.448. The minimum absolute atomic E-state index is 0.0347. The highest BCUT2D eigenvalue weighted by atomic mass is 16.7. The topological polar surface area (TPSA) is 79.4 Å². The van der Waals surface area contributed by atoms with Gasteiger partial charge in [-0.3, -0.25) is 4.79 Å². The van der Waals surface area contributed by atoms with Gasteiger partial charge in [0.05, 0.1) is 11.1 Å². The Hall–Kier alpha value is -3.12. The van der Waals surface area contributed by atoms with E-state index in [0.717, 1.165) is 12.0 Å². The van der Waals surface area contributed by atoms with Gasteiger partial charge < -0.3 is 15.2 Å². The molecule has 6 nitrogen and oxygen atoms in total. The first-order chi connectivity index (χ1) is 16.8. The second-order valence-corrected chi connectivity index (χ2v) is 9.84. The molecule has 0 aliphatic carbocycles. The van der Waals surface area contributed by atoms with Crippen LogP contribution in [0.1, 0.15) is 73.6 Å². The van der Waals surface area contributed by atoms with Gasteiger partial charge in [-0.15, -0.1) is 0 Å². The lowest BCUT2D eigenvalue weighted by Crippen LogP contribution is -2.31. The fourth-order valence-electron chi connectivity index (χ4n) is 4.37. The second kappa shape index (κ2) is 12.0. The molecular weight excluding hydrogens is 438 g/mol. The summed E-state index contributed by atoms with van der Waals surface area (Å²) in [5.74, 6) is -0.107. The lowest BCUT2D eigenvalue weighted by atomic mass is 9.94. The van der Waals surface area contributed by atoms with Gasteiger partial charge in [-0.1, -0.05) is 80.3 Å². The number of ether oxygens (including phenoxy) is 2. The molecule has 3 rings (SSSR count). The lowest BCUT2D eigenvalue weighted by molar-refractivity contribution is 0.0403. The van der Waals surface area contributed by atoms with Crippen LogP contribution in [0.15, 0.2) is 48.5 Å². The van der Waals surface area contributed by atoms with Crippen LogP contribution in [0.5, 0.6) is 5.88 Å². The molecule has 0 atom stereocenters. The molecule has 6 heteroatoms. The number of carbonyl (C=O) groups excluding carboxylic acids is 1. The number of rotatable bonds is 13. The molecule has 0 saturated heterocycles. The molecule has 0 bridgehead atoms. The summed E-state index contributed by atoms with van der Waals surface area (Å²) >= 11 is 0. The Bertz CT molecular complexity index is 1100. The zero-order valence-electron chi connectivity index (χ0n) is 21.8. The highest BCUT2D eigenvalue weighted by Gasteiger charge is 2.32. The summed E-state index contributed by atoms with van der Waals surface area (Å²) < 4.78 is 13.0. The lowest BCUT2D eigenvalue weighted by Gasteiger charge is -2.27. The monoisotopic (exact) mass is 477 g/mol. The third-order valence-electron chi connectivity index (χ3n) is 6.28. The smallest absolute Gasteiger partial charge is 0.270 e. The minimum atomic E-state index is -0.587. The number of hydrogen-bond acceptors (Lipinski definition) is 4. The molecule has 1 heterocycles. The summed E-state index contributed by atoms with van der Waals surface area (Å²) in [5, 5.41) is 4.68. The maximum Gasteiger partial charge on any atom is 0.270 e. The Balaban J connectivity index is 2.00. The minimum Gasteiger partial charge on any atom is -0.450 e. The van der Waals surface area contributed by atoms with Crippen molar-refractivity contribution in [3.63, 3.8) is 0 Å². The standard InChI is InChI=1S/C29H39N3O3/c1-6-7-8-9-10-22-15-17-24(18-16-22)25-26(27(30)33)31-32(28(25)35-20-34-5)29(3,4)19-23-13-11-21(2)12-14-23/h11-18H,6-10,19-20H2,1-5H3,(H2,30,33). The highest BCUT2D eigenvalue weighted by molar-refractivity contribution is 5.99. The number of hydrogen-bond donors (Lipinski definition) is 1. The van der Waals surface area contributed by atoms with Crippen LogP contribution in [0.3, 0.4) is 0 Å². The molecule has 1 amide bonds. The number of nitrogens with two attached hydrogens (primary N) is 1. The molecule has 0 unspecified atom stereocenters. The summed E-state index contributed by atoms with van der Waals surface area (Å²) in [7, 11) is 1.57. The van der Waals surface area contributed by atoms with Crippen molar-refractivity contribution in [3.05, 3.63) is 70.9 Å². The Morgan fingerprint density at radius 1 is 1.00 bits per heavy atom. The number of benzene rings is 2. The molecule has 1 aromatic heterocycles. The van der Waals surface area contributed by atoms with Gasteiger partial charge in [-0.2, -0.15) is 5.10 Å². The Morgan fingerprint density at radius 3 is 2.26 bits per heavy atom. The van der Waals surface area contributed by atoms with E-state index in [-0.39, 0.29) is 12.5 Å². The van der Waals surface area contributed by atoms with Crippen molar-refractivity contribution in [3.8, 4) is 17.0 Å². The van der Waals surface area contributed by atoms with Gasteiger partial charge in [0.1, 0.15) is 0 Å². The molecule has 0 radical (unpaired) electrons. The third kappa shape index (κ3) is 6.73. The normalized spacial score (nSPS) is 11.6. The van der Waals surface area contributed by atoms with Gasteiger partial charge in [0, 0.05) is 7.11 Å². The molecule has 2 N–H and O–H groups in total. The number of primary amides is 1. The molecule has 188 valence electrons. The van der Waals surface area contributed by atoms with E-state index >= 15 is 0 Å². The first-order valence-corrected chi connectivity index (χ1v) is 12.5. The number of methoxy groups -OCH3 is 1. The van der Waals surface area contributed by atoms with Crippen molar-refractivity contribution in [1.82, 2.24) is 9.78 Å². The van der Waals surface area contributed by atoms with Crippen LogP contribution in [0, 0.1) is 6.92 Å². The van der Waals surface area contributed by atoms with Crippen LogP contribution in [-0.4, -0.2) is 29.6 Å². The van der Waals surface area contributed by atoms with Crippen molar-refractivity contribution in [2.24, 2.45) is 5.73 Å². The van der Waals surface area contributed by atoms with Gasteiger partial charge in [-0.05, 0) is 56.7 Å². The number of aryl methyl sites for hydroxylation is 2. The summed E-state index contributed by atoms with van der Waals surface area (Å²) in [6, 6.07) is 16.7. The Morgan fingerprint density at radius 2 is 1.66 bits per heavy atom. The quantitative estimate of drug-likeness (QED) is 0.240. The molecule has 2 aromatic carbocycles. The van der Waals surface area contributed by atoms with E-state index in [4.69, 9.17) is 15.2 Å². The highest BCUT2D eigenvalue weighted by Crippen LogP contribution is 2.38. The van der Waals surface area contributed by atoms with E-state index in [0.29, 0.717) is 17.9 Å². The molecule has 0 saturated carbocycles. The van der Waals surface area contributed by atoms with Crippen LogP contribution >= 0.6 is 0 Å². The maximum atomic E-state index is 12.5. The molecular formula is C29H39N3O3. The number of carbonyl (C=O) groups is 1. The van der Waals surface area contributed by atoms with Gasteiger partial charge in [0.25, 0.3) is 5.91 Å². The number of amides is 1. The average molecular weight is 478 g/mol. The maximum absolute atomic E-state index is 12.5. The zero-order chi connectivity index (χ0) is 25.4. The Labute approximate surface area is 209 Å². The first-order valence-electron chi connectivity index (χ1n) is 12.5. The van der Waals surface area contributed by atoms with Gasteiger partial charge in [0.15, 0.2) is 12.5 Å². The SMILES string of the molecule is CCCCCCc1ccc(-c2c(C(N)=O)nn(C(C)(C)Cc3ccc(C)cc3)c2OCOC)cc1. The number of unbranched alkanes of at least 4 members (excludes halogenated alkanes) is 3. The van der Waals surface area contributed by atoms with Crippen molar-refractivity contribution in [1.29, 1.82) is 0 Å². The van der Waals surface area contributed by atoms with Gasteiger partial charge in [-0.25, -0.2) is 4.68 Å². The molecule has 0 spiro atoms. The van der Waals surface area contributed by atoms with Crippen LogP contribution < -0.4 is 10.5 Å². The predicted octanol–water partition coefficient (Wildman–Crippen LogP) is 6.04. The molecule has 0 fully saturated rings. The summed E-state index contributed by atoms with van der Waals surface area (Å²) in [6.07, 6.45) is 6.64. The van der Waals surface area contributed by atoms with Crippen molar-refractivity contribution >= 4 is 5.91 Å². The predicted molar refractivity (Wildman–Crippen MR) is 141 cm³/mol. The Kier molecular flexibility index (Phi) is 9.10. The molecule has 3 aromatic rings. The number of aromatic nitrogens is 2. The van der Waals surface area contributed by atoms with Crippen molar-refractivity contribution in [2.45, 2.75) is 71.8 Å². The zero-order valence-corrected chi connectivity index (χ0v) is 21.8. The first kappa shape index (κ1) is 26.5.